The van der Waals surface area contributed by atoms with Crippen LogP contribution >= 0.6 is 11.6 Å². The van der Waals surface area contributed by atoms with Crippen molar-refractivity contribution in [2.75, 3.05) is 18.6 Å². The lowest BCUT2D eigenvalue weighted by molar-refractivity contribution is -0.137. The summed E-state index contributed by atoms with van der Waals surface area (Å²) >= 11 is 5.75. The van der Waals surface area contributed by atoms with Crippen LogP contribution in [0.15, 0.2) is 12.3 Å². The van der Waals surface area contributed by atoms with E-state index in [0.29, 0.717) is 0 Å². The molecule has 1 rings (SSSR count). The van der Waals surface area contributed by atoms with E-state index in [2.05, 4.69) is 4.98 Å². The Morgan fingerprint density at radius 3 is 2.53 bits per heavy atom. The number of aliphatic hydroxyl groups excluding tert-OH is 1. The number of pyridine rings is 1. The molecule has 0 aliphatic carbocycles. The third-order valence-electron chi connectivity index (χ3n) is 2.41. The Kier molecular flexibility index (Phi) is 4.21. The molecule has 0 aliphatic rings. The molecule has 3 nitrogen and oxygen atoms in total. The third-order valence-corrected chi connectivity index (χ3v) is 2.69. The lowest BCUT2D eigenvalue weighted by Crippen LogP contribution is -2.32. The number of halogens is 4. The fraction of sp³-hybridized carbons (Fsp3) is 0.500. The first-order valence-electron chi connectivity index (χ1n) is 4.83. The zero-order chi connectivity index (χ0) is 13.2. The van der Waals surface area contributed by atoms with Crippen LogP contribution < -0.4 is 4.90 Å². The molecule has 1 aromatic rings. The van der Waals surface area contributed by atoms with Crippen molar-refractivity contribution in [2.24, 2.45) is 0 Å². The SMILES string of the molecule is C[C@@H](CO)N(C)c1ncc(C(F)(F)F)cc1Cl. The number of anilines is 1. The van der Waals surface area contributed by atoms with Gasteiger partial charge in [-0.2, -0.15) is 13.2 Å². The van der Waals surface area contributed by atoms with Crippen molar-refractivity contribution in [1.82, 2.24) is 4.98 Å². The average molecular weight is 269 g/mol. The topological polar surface area (TPSA) is 36.4 Å². The van der Waals surface area contributed by atoms with Crippen LogP contribution in [0.5, 0.6) is 0 Å². The second kappa shape index (κ2) is 5.10. The van der Waals surface area contributed by atoms with Crippen LogP contribution in [0.25, 0.3) is 0 Å². The first-order chi connectivity index (χ1) is 7.77. The summed E-state index contributed by atoms with van der Waals surface area (Å²) in [6.07, 6.45) is -3.74. The van der Waals surface area contributed by atoms with Crippen LogP contribution in [-0.4, -0.2) is 29.8 Å². The highest BCUT2D eigenvalue weighted by Crippen LogP contribution is 2.33. The van der Waals surface area contributed by atoms with Gasteiger partial charge in [0, 0.05) is 13.2 Å². The minimum absolute atomic E-state index is 0.0948. The minimum atomic E-state index is -4.46. The minimum Gasteiger partial charge on any atom is -0.394 e. The lowest BCUT2D eigenvalue weighted by Gasteiger charge is -2.25. The largest absolute Gasteiger partial charge is 0.417 e. The van der Waals surface area contributed by atoms with Gasteiger partial charge in [-0.05, 0) is 13.0 Å². The summed E-state index contributed by atoms with van der Waals surface area (Å²) in [6, 6.07) is 0.543. The molecule has 0 aromatic carbocycles. The van der Waals surface area contributed by atoms with E-state index in [1.54, 1.807) is 14.0 Å². The zero-order valence-corrected chi connectivity index (χ0v) is 10.0. The molecule has 1 heterocycles. The maximum atomic E-state index is 12.4. The molecular weight excluding hydrogens is 257 g/mol. The highest BCUT2D eigenvalue weighted by Gasteiger charge is 2.32. The van der Waals surface area contributed by atoms with E-state index in [1.165, 1.54) is 4.90 Å². The van der Waals surface area contributed by atoms with Crippen LogP contribution in [0.3, 0.4) is 0 Å². The van der Waals surface area contributed by atoms with Crippen LogP contribution in [0.2, 0.25) is 5.02 Å². The van der Waals surface area contributed by atoms with Gasteiger partial charge < -0.3 is 10.0 Å². The Morgan fingerprint density at radius 1 is 1.53 bits per heavy atom. The molecule has 17 heavy (non-hydrogen) atoms. The molecule has 1 aromatic heterocycles. The van der Waals surface area contributed by atoms with Crippen molar-refractivity contribution in [3.8, 4) is 0 Å². The molecule has 0 amide bonds. The first-order valence-corrected chi connectivity index (χ1v) is 5.21. The van der Waals surface area contributed by atoms with Crippen LogP contribution in [0.1, 0.15) is 12.5 Å². The van der Waals surface area contributed by atoms with E-state index in [-0.39, 0.29) is 23.5 Å². The molecule has 96 valence electrons. The molecule has 0 saturated carbocycles. The monoisotopic (exact) mass is 268 g/mol. The molecule has 0 aliphatic heterocycles. The summed E-state index contributed by atoms with van der Waals surface area (Å²) in [7, 11) is 1.60. The van der Waals surface area contributed by atoms with Gasteiger partial charge in [-0.25, -0.2) is 4.98 Å². The molecule has 0 unspecified atom stereocenters. The number of rotatable bonds is 3. The fourth-order valence-corrected chi connectivity index (χ4v) is 1.48. The van der Waals surface area contributed by atoms with Crippen molar-refractivity contribution in [2.45, 2.75) is 19.1 Å². The number of aromatic nitrogens is 1. The zero-order valence-electron chi connectivity index (χ0n) is 9.29. The Balaban J connectivity index is 3.06. The van der Waals surface area contributed by atoms with E-state index < -0.39 is 11.7 Å². The summed E-state index contributed by atoms with van der Waals surface area (Å²) in [5, 5.41) is 8.85. The second-order valence-corrected chi connectivity index (χ2v) is 4.08. The van der Waals surface area contributed by atoms with Gasteiger partial charge in [0.05, 0.1) is 23.2 Å². The van der Waals surface area contributed by atoms with Crippen molar-refractivity contribution < 1.29 is 18.3 Å². The van der Waals surface area contributed by atoms with Crippen molar-refractivity contribution in [1.29, 1.82) is 0 Å². The summed E-state index contributed by atoms with van der Waals surface area (Å²) in [5.41, 5.74) is -0.892. The normalized spacial score (nSPS) is 13.6. The van der Waals surface area contributed by atoms with E-state index in [4.69, 9.17) is 16.7 Å². The van der Waals surface area contributed by atoms with E-state index in [9.17, 15) is 13.2 Å². The Labute approximate surface area is 102 Å². The molecule has 1 N–H and O–H groups in total. The van der Waals surface area contributed by atoms with Gasteiger partial charge in [0.15, 0.2) is 0 Å². The third kappa shape index (κ3) is 3.23. The maximum absolute atomic E-state index is 12.4. The Bertz CT molecular complexity index is 398. The molecule has 0 saturated heterocycles. The van der Waals surface area contributed by atoms with Gasteiger partial charge in [-0.1, -0.05) is 11.6 Å². The number of likely N-dealkylation sites (N-methyl/N-ethyl adjacent to an activating group) is 1. The molecule has 0 spiro atoms. The van der Waals surface area contributed by atoms with Crippen LogP contribution in [0.4, 0.5) is 19.0 Å². The van der Waals surface area contributed by atoms with E-state index in [1.807, 2.05) is 0 Å². The molecule has 0 fully saturated rings. The van der Waals surface area contributed by atoms with Gasteiger partial charge in [0.25, 0.3) is 0 Å². The predicted octanol–water partition coefficient (Wildman–Crippen LogP) is 2.57. The number of hydrogen-bond donors (Lipinski definition) is 1. The van der Waals surface area contributed by atoms with Crippen molar-refractivity contribution in [3.05, 3.63) is 22.8 Å². The quantitative estimate of drug-likeness (QED) is 0.915. The molecular formula is C10H12ClF3N2O. The lowest BCUT2D eigenvalue weighted by atomic mass is 10.2. The number of alkyl halides is 3. The predicted molar refractivity (Wildman–Crippen MR) is 59.2 cm³/mol. The summed E-state index contributed by atoms with van der Waals surface area (Å²) < 4.78 is 37.1. The summed E-state index contributed by atoms with van der Waals surface area (Å²) in [6.45, 7) is 1.56. The van der Waals surface area contributed by atoms with E-state index >= 15 is 0 Å². The number of nitrogens with zero attached hydrogens (tertiary/aromatic N) is 2. The highest BCUT2D eigenvalue weighted by molar-refractivity contribution is 6.33. The summed E-state index contributed by atoms with van der Waals surface area (Å²) in [4.78, 5) is 5.19. The Hall–Kier alpha value is -1.01. The molecule has 0 radical (unpaired) electrons. The van der Waals surface area contributed by atoms with Crippen LogP contribution in [0, 0.1) is 0 Å². The molecule has 1 atom stereocenters. The van der Waals surface area contributed by atoms with Crippen molar-refractivity contribution in [3.63, 3.8) is 0 Å². The van der Waals surface area contributed by atoms with Gasteiger partial charge in [-0.3, -0.25) is 0 Å². The second-order valence-electron chi connectivity index (χ2n) is 3.67. The summed E-state index contributed by atoms with van der Waals surface area (Å²) in [5.74, 6) is 0.209. The number of aliphatic hydroxyl groups is 1. The van der Waals surface area contributed by atoms with Crippen molar-refractivity contribution >= 4 is 17.4 Å². The van der Waals surface area contributed by atoms with Gasteiger partial charge in [0.2, 0.25) is 0 Å². The van der Waals surface area contributed by atoms with Gasteiger partial charge in [0.1, 0.15) is 5.82 Å². The van der Waals surface area contributed by atoms with Gasteiger partial charge >= 0.3 is 6.18 Å². The van der Waals surface area contributed by atoms with E-state index in [0.717, 1.165) is 12.3 Å². The number of hydrogen-bond acceptors (Lipinski definition) is 3. The fourth-order valence-electron chi connectivity index (χ4n) is 1.18. The highest BCUT2D eigenvalue weighted by atomic mass is 35.5. The van der Waals surface area contributed by atoms with Crippen LogP contribution in [-0.2, 0) is 6.18 Å². The maximum Gasteiger partial charge on any atom is 0.417 e. The Morgan fingerprint density at radius 2 is 2.12 bits per heavy atom. The molecule has 0 bridgehead atoms. The average Bonchev–Trinajstić information content (AvgIpc) is 2.25. The smallest absolute Gasteiger partial charge is 0.394 e. The first kappa shape index (κ1) is 14.1. The van der Waals surface area contributed by atoms with Gasteiger partial charge in [-0.15, -0.1) is 0 Å². The standard InChI is InChI=1S/C10H12ClF3N2O/c1-6(5-17)16(2)9-8(11)3-7(4-15-9)10(12,13)14/h3-4,6,17H,5H2,1-2H3/t6-/m0/s1. The molecule has 7 heteroatoms.